The number of hydrogen-bond donors (Lipinski definition) is 1. The van der Waals surface area contributed by atoms with Crippen LogP contribution in [-0.2, 0) is 4.79 Å². The van der Waals surface area contributed by atoms with Crippen LogP contribution in [0.4, 0.5) is 0 Å². The highest BCUT2D eigenvalue weighted by atomic mass is 16.5. The summed E-state index contributed by atoms with van der Waals surface area (Å²) < 4.78 is 10.6. The van der Waals surface area contributed by atoms with E-state index in [9.17, 15) is 4.79 Å². The normalized spacial score (nSPS) is 19.4. The van der Waals surface area contributed by atoms with E-state index in [4.69, 9.17) is 14.6 Å². The summed E-state index contributed by atoms with van der Waals surface area (Å²) in [5.74, 6) is 1.15. The Morgan fingerprint density at radius 3 is 2.84 bits per heavy atom. The summed E-state index contributed by atoms with van der Waals surface area (Å²) >= 11 is 0. The molecule has 0 unspecified atom stereocenters. The summed E-state index contributed by atoms with van der Waals surface area (Å²) in [6.07, 6.45) is 0.941. The van der Waals surface area contributed by atoms with Crippen molar-refractivity contribution < 1.29 is 19.4 Å². The van der Waals surface area contributed by atoms with Crippen molar-refractivity contribution in [3.8, 4) is 11.5 Å². The Morgan fingerprint density at radius 2 is 2.21 bits per heavy atom. The molecule has 1 aliphatic rings. The van der Waals surface area contributed by atoms with Crippen molar-refractivity contribution in [3.05, 3.63) is 23.8 Å². The van der Waals surface area contributed by atoms with Gasteiger partial charge in [0.05, 0.1) is 20.8 Å². The van der Waals surface area contributed by atoms with E-state index in [1.807, 2.05) is 23.1 Å². The summed E-state index contributed by atoms with van der Waals surface area (Å²) in [7, 11) is 3.28. The number of nitrogens with zero attached hydrogens (tertiary/aromatic N) is 1. The number of carboxylic acids is 1. The van der Waals surface area contributed by atoms with Gasteiger partial charge in [-0.15, -0.1) is 0 Å². The molecular weight excluding hydrogens is 246 g/mol. The molecule has 0 aromatic heterocycles. The second-order valence-electron chi connectivity index (χ2n) is 4.72. The van der Waals surface area contributed by atoms with Gasteiger partial charge in [0.2, 0.25) is 0 Å². The minimum absolute atomic E-state index is 0.1000. The molecule has 104 valence electrons. The van der Waals surface area contributed by atoms with Gasteiger partial charge < -0.3 is 14.6 Å². The number of rotatable bonds is 5. The number of ether oxygens (including phenoxy) is 2. The summed E-state index contributed by atoms with van der Waals surface area (Å²) in [6, 6.07) is 5.74. The summed E-state index contributed by atoms with van der Waals surface area (Å²) in [6.45, 7) is 1.65. The Labute approximate surface area is 112 Å². The number of aliphatic carboxylic acids is 1. The molecule has 0 saturated carbocycles. The molecule has 1 aromatic rings. The quantitative estimate of drug-likeness (QED) is 0.876. The first-order valence-corrected chi connectivity index (χ1v) is 6.30. The molecule has 0 radical (unpaired) electrons. The van der Waals surface area contributed by atoms with Gasteiger partial charge >= 0.3 is 5.97 Å². The van der Waals surface area contributed by atoms with Crippen molar-refractivity contribution in [1.29, 1.82) is 0 Å². The second kappa shape index (κ2) is 5.93. The van der Waals surface area contributed by atoms with E-state index in [1.54, 1.807) is 14.2 Å². The van der Waals surface area contributed by atoms with Crippen LogP contribution in [0.1, 0.15) is 17.9 Å². The van der Waals surface area contributed by atoms with Crippen LogP contribution in [0, 0.1) is 0 Å². The smallest absolute Gasteiger partial charge is 0.317 e. The molecule has 1 aliphatic heterocycles. The van der Waals surface area contributed by atoms with Crippen molar-refractivity contribution >= 4 is 5.97 Å². The van der Waals surface area contributed by atoms with Gasteiger partial charge in [0.1, 0.15) is 11.5 Å². The zero-order chi connectivity index (χ0) is 13.8. The lowest BCUT2D eigenvalue weighted by atomic mass is 9.97. The molecule has 0 aliphatic carbocycles. The van der Waals surface area contributed by atoms with Crippen LogP contribution in [0.3, 0.4) is 0 Å². The lowest BCUT2D eigenvalue weighted by Crippen LogP contribution is -2.27. The van der Waals surface area contributed by atoms with Crippen molar-refractivity contribution in [2.24, 2.45) is 0 Å². The van der Waals surface area contributed by atoms with E-state index in [1.165, 1.54) is 0 Å². The molecule has 1 fully saturated rings. The number of hydrogen-bond acceptors (Lipinski definition) is 4. The Kier molecular flexibility index (Phi) is 4.27. The van der Waals surface area contributed by atoms with Gasteiger partial charge in [0, 0.05) is 18.0 Å². The number of likely N-dealkylation sites (tertiary alicyclic amines) is 1. The molecule has 5 heteroatoms. The molecule has 0 bridgehead atoms. The summed E-state index contributed by atoms with van der Waals surface area (Å²) in [5.41, 5.74) is 1.09. The van der Waals surface area contributed by atoms with E-state index in [0.29, 0.717) is 5.92 Å². The van der Waals surface area contributed by atoms with Gasteiger partial charge in [-0.3, -0.25) is 9.69 Å². The molecule has 1 N–H and O–H groups in total. The van der Waals surface area contributed by atoms with Gasteiger partial charge in [-0.25, -0.2) is 0 Å². The first-order chi connectivity index (χ1) is 9.13. The van der Waals surface area contributed by atoms with E-state index in [0.717, 1.165) is 36.6 Å². The molecule has 1 saturated heterocycles. The Hall–Kier alpha value is -1.75. The first kappa shape index (κ1) is 13.7. The lowest BCUT2D eigenvalue weighted by molar-refractivity contribution is -0.138. The maximum absolute atomic E-state index is 10.7. The van der Waals surface area contributed by atoms with Crippen LogP contribution in [0.15, 0.2) is 18.2 Å². The monoisotopic (exact) mass is 265 g/mol. The van der Waals surface area contributed by atoms with E-state index in [2.05, 4.69) is 0 Å². The minimum Gasteiger partial charge on any atom is -0.497 e. The van der Waals surface area contributed by atoms with E-state index in [-0.39, 0.29) is 6.54 Å². The van der Waals surface area contributed by atoms with Gasteiger partial charge in [-0.1, -0.05) is 0 Å². The highest BCUT2D eigenvalue weighted by Gasteiger charge is 2.27. The fourth-order valence-electron chi connectivity index (χ4n) is 2.58. The van der Waals surface area contributed by atoms with Crippen LogP contribution >= 0.6 is 0 Å². The van der Waals surface area contributed by atoms with Crippen LogP contribution in [-0.4, -0.2) is 49.8 Å². The highest BCUT2D eigenvalue weighted by molar-refractivity contribution is 5.69. The lowest BCUT2D eigenvalue weighted by Gasteiger charge is -2.17. The van der Waals surface area contributed by atoms with Gasteiger partial charge in [0.15, 0.2) is 0 Å². The molecule has 1 aromatic carbocycles. The standard InChI is InChI=1S/C14H19NO4/c1-18-11-3-4-13(19-2)12(7-11)10-5-6-15(8-10)9-14(16)17/h3-4,7,10H,5-6,8-9H2,1-2H3,(H,16,17)/t10-/m0/s1. The third-order valence-electron chi connectivity index (χ3n) is 3.51. The van der Waals surface area contributed by atoms with Crippen LogP contribution < -0.4 is 9.47 Å². The minimum atomic E-state index is -0.779. The van der Waals surface area contributed by atoms with Gasteiger partial charge in [-0.05, 0) is 31.2 Å². The van der Waals surface area contributed by atoms with E-state index >= 15 is 0 Å². The number of carboxylic acid groups (broad SMARTS) is 1. The molecule has 0 amide bonds. The van der Waals surface area contributed by atoms with Gasteiger partial charge in [0.25, 0.3) is 0 Å². The number of methoxy groups -OCH3 is 2. The average molecular weight is 265 g/mol. The van der Waals surface area contributed by atoms with Crippen LogP contribution in [0.5, 0.6) is 11.5 Å². The van der Waals surface area contributed by atoms with Crippen molar-refractivity contribution in [2.75, 3.05) is 33.9 Å². The molecule has 2 rings (SSSR count). The maximum atomic E-state index is 10.7. The molecular formula is C14H19NO4. The Balaban J connectivity index is 2.15. The Bertz CT molecular complexity index is 461. The average Bonchev–Trinajstić information content (AvgIpc) is 2.85. The first-order valence-electron chi connectivity index (χ1n) is 6.30. The zero-order valence-electron chi connectivity index (χ0n) is 11.3. The zero-order valence-corrected chi connectivity index (χ0v) is 11.3. The maximum Gasteiger partial charge on any atom is 0.317 e. The second-order valence-corrected chi connectivity index (χ2v) is 4.72. The largest absolute Gasteiger partial charge is 0.497 e. The SMILES string of the molecule is COc1ccc(OC)c([C@H]2CCN(CC(=O)O)C2)c1. The van der Waals surface area contributed by atoms with E-state index < -0.39 is 5.97 Å². The van der Waals surface area contributed by atoms with Crippen LogP contribution in [0.25, 0.3) is 0 Å². The molecule has 19 heavy (non-hydrogen) atoms. The Morgan fingerprint density at radius 1 is 1.42 bits per heavy atom. The molecule has 5 nitrogen and oxygen atoms in total. The third kappa shape index (κ3) is 3.17. The highest BCUT2D eigenvalue weighted by Crippen LogP contribution is 2.35. The predicted molar refractivity (Wildman–Crippen MR) is 71.0 cm³/mol. The molecule has 1 atom stereocenters. The summed E-state index contributed by atoms with van der Waals surface area (Å²) in [5, 5.41) is 8.83. The number of benzene rings is 1. The van der Waals surface area contributed by atoms with Gasteiger partial charge in [-0.2, -0.15) is 0 Å². The van der Waals surface area contributed by atoms with Crippen molar-refractivity contribution in [3.63, 3.8) is 0 Å². The molecule has 0 spiro atoms. The fraction of sp³-hybridized carbons (Fsp3) is 0.500. The molecule has 1 heterocycles. The van der Waals surface area contributed by atoms with Crippen molar-refractivity contribution in [2.45, 2.75) is 12.3 Å². The van der Waals surface area contributed by atoms with Crippen LogP contribution in [0.2, 0.25) is 0 Å². The summed E-state index contributed by atoms with van der Waals surface area (Å²) in [4.78, 5) is 12.7. The predicted octanol–water partition coefficient (Wildman–Crippen LogP) is 1.58. The fourth-order valence-corrected chi connectivity index (χ4v) is 2.58. The number of carbonyl (C=O) groups is 1. The van der Waals surface area contributed by atoms with Crippen molar-refractivity contribution in [1.82, 2.24) is 4.90 Å². The third-order valence-corrected chi connectivity index (χ3v) is 3.51. The topological polar surface area (TPSA) is 59.0 Å².